The quantitative estimate of drug-likeness (QED) is 0.742. The van der Waals surface area contributed by atoms with Gasteiger partial charge in [0, 0.05) is 13.7 Å². The van der Waals surface area contributed by atoms with Crippen molar-refractivity contribution in [3.05, 3.63) is 29.6 Å². The molecule has 0 saturated carbocycles. The van der Waals surface area contributed by atoms with Gasteiger partial charge in [0.25, 0.3) is 0 Å². The SMILES string of the molecule is CCNCc1cccc(COC)n1. The van der Waals surface area contributed by atoms with E-state index in [1.165, 1.54) is 0 Å². The number of pyridine rings is 1. The maximum absolute atomic E-state index is 5.00. The van der Waals surface area contributed by atoms with Crippen LogP contribution in [0.15, 0.2) is 18.2 Å². The zero-order valence-corrected chi connectivity index (χ0v) is 8.21. The third-order valence-electron chi connectivity index (χ3n) is 1.71. The van der Waals surface area contributed by atoms with E-state index in [9.17, 15) is 0 Å². The number of hydrogen-bond acceptors (Lipinski definition) is 3. The highest BCUT2D eigenvalue weighted by atomic mass is 16.5. The van der Waals surface area contributed by atoms with Crippen molar-refractivity contribution in [3.63, 3.8) is 0 Å². The van der Waals surface area contributed by atoms with Crippen molar-refractivity contribution in [3.8, 4) is 0 Å². The number of nitrogens with zero attached hydrogens (tertiary/aromatic N) is 1. The molecule has 0 saturated heterocycles. The molecule has 0 atom stereocenters. The Labute approximate surface area is 79.1 Å². The lowest BCUT2D eigenvalue weighted by molar-refractivity contribution is 0.181. The lowest BCUT2D eigenvalue weighted by Gasteiger charge is -2.03. The maximum Gasteiger partial charge on any atom is 0.0884 e. The van der Waals surface area contributed by atoms with E-state index in [1.54, 1.807) is 7.11 Å². The minimum atomic E-state index is 0.583. The van der Waals surface area contributed by atoms with Gasteiger partial charge in [-0.2, -0.15) is 0 Å². The number of ether oxygens (including phenoxy) is 1. The molecule has 1 rings (SSSR count). The van der Waals surface area contributed by atoms with Gasteiger partial charge in [0.15, 0.2) is 0 Å². The molecule has 1 N–H and O–H groups in total. The molecule has 3 nitrogen and oxygen atoms in total. The summed E-state index contributed by atoms with van der Waals surface area (Å²) in [6.07, 6.45) is 0. The smallest absolute Gasteiger partial charge is 0.0884 e. The van der Waals surface area contributed by atoms with E-state index in [0.717, 1.165) is 24.5 Å². The van der Waals surface area contributed by atoms with E-state index in [4.69, 9.17) is 4.74 Å². The van der Waals surface area contributed by atoms with Gasteiger partial charge in [-0.1, -0.05) is 13.0 Å². The molecule has 1 aromatic rings. The van der Waals surface area contributed by atoms with Crippen molar-refractivity contribution in [2.45, 2.75) is 20.1 Å². The van der Waals surface area contributed by atoms with Crippen LogP contribution >= 0.6 is 0 Å². The molecule has 0 amide bonds. The largest absolute Gasteiger partial charge is 0.378 e. The Morgan fingerprint density at radius 1 is 1.38 bits per heavy atom. The zero-order chi connectivity index (χ0) is 9.52. The summed E-state index contributed by atoms with van der Waals surface area (Å²) >= 11 is 0. The highest BCUT2D eigenvalue weighted by Crippen LogP contribution is 2.00. The summed E-state index contributed by atoms with van der Waals surface area (Å²) in [6, 6.07) is 5.99. The molecule has 3 heteroatoms. The topological polar surface area (TPSA) is 34.1 Å². The first kappa shape index (κ1) is 10.2. The summed E-state index contributed by atoms with van der Waals surface area (Å²) in [7, 11) is 1.68. The number of hydrogen-bond donors (Lipinski definition) is 1. The van der Waals surface area contributed by atoms with E-state index in [-0.39, 0.29) is 0 Å². The molecule has 0 fully saturated rings. The van der Waals surface area contributed by atoms with Crippen LogP contribution in [0.25, 0.3) is 0 Å². The third kappa shape index (κ3) is 3.53. The number of methoxy groups -OCH3 is 1. The Hall–Kier alpha value is -0.930. The van der Waals surface area contributed by atoms with Crippen LogP contribution in [0.1, 0.15) is 18.3 Å². The molecule has 72 valence electrons. The summed E-state index contributed by atoms with van der Waals surface area (Å²) < 4.78 is 5.00. The van der Waals surface area contributed by atoms with E-state index in [1.807, 2.05) is 18.2 Å². The van der Waals surface area contributed by atoms with Gasteiger partial charge in [0.05, 0.1) is 18.0 Å². The highest BCUT2D eigenvalue weighted by molar-refractivity contribution is 5.10. The van der Waals surface area contributed by atoms with Crippen LogP contribution in [0.2, 0.25) is 0 Å². The normalized spacial score (nSPS) is 10.3. The molecule has 0 unspecified atom stereocenters. The molecule has 0 bridgehead atoms. The first-order valence-corrected chi connectivity index (χ1v) is 4.51. The highest BCUT2D eigenvalue weighted by Gasteiger charge is 1.95. The van der Waals surface area contributed by atoms with Crippen LogP contribution in [-0.4, -0.2) is 18.6 Å². The first-order chi connectivity index (χ1) is 6.36. The van der Waals surface area contributed by atoms with Crippen LogP contribution in [-0.2, 0) is 17.9 Å². The summed E-state index contributed by atoms with van der Waals surface area (Å²) in [4.78, 5) is 4.41. The molecule has 1 aromatic heterocycles. The summed E-state index contributed by atoms with van der Waals surface area (Å²) in [5, 5.41) is 3.23. The van der Waals surface area contributed by atoms with Gasteiger partial charge in [-0.3, -0.25) is 4.98 Å². The molecule has 0 aliphatic rings. The number of nitrogens with one attached hydrogen (secondary N) is 1. The van der Waals surface area contributed by atoms with Gasteiger partial charge >= 0.3 is 0 Å². The monoisotopic (exact) mass is 180 g/mol. The Bertz CT molecular complexity index is 250. The summed E-state index contributed by atoms with van der Waals surface area (Å²) in [6.45, 7) is 4.46. The lowest BCUT2D eigenvalue weighted by Crippen LogP contribution is -2.13. The Morgan fingerprint density at radius 2 is 2.15 bits per heavy atom. The van der Waals surface area contributed by atoms with Gasteiger partial charge in [-0.25, -0.2) is 0 Å². The Kier molecular flexibility index (Phi) is 4.43. The molecule has 0 spiro atoms. The van der Waals surface area contributed by atoms with Gasteiger partial charge in [0.1, 0.15) is 0 Å². The van der Waals surface area contributed by atoms with Gasteiger partial charge in [-0.15, -0.1) is 0 Å². The second-order valence-corrected chi connectivity index (χ2v) is 2.83. The molecule has 1 heterocycles. The van der Waals surface area contributed by atoms with E-state index >= 15 is 0 Å². The molecule has 0 aromatic carbocycles. The second-order valence-electron chi connectivity index (χ2n) is 2.83. The fourth-order valence-electron chi connectivity index (χ4n) is 1.11. The number of aromatic nitrogens is 1. The minimum absolute atomic E-state index is 0.583. The molecule has 0 aliphatic heterocycles. The predicted molar refractivity (Wildman–Crippen MR) is 52.3 cm³/mol. The predicted octanol–water partition coefficient (Wildman–Crippen LogP) is 1.34. The second kappa shape index (κ2) is 5.67. The van der Waals surface area contributed by atoms with E-state index in [0.29, 0.717) is 6.61 Å². The molecule has 0 radical (unpaired) electrons. The zero-order valence-electron chi connectivity index (χ0n) is 8.21. The van der Waals surface area contributed by atoms with E-state index < -0.39 is 0 Å². The van der Waals surface area contributed by atoms with Crippen molar-refractivity contribution < 1.29 is 4.74 Å². The van der Waals surface area contributed by atoms with E-state index in [2.05, 4.69) is 17.2 Å². The van der Waals surface area contributed by atoms with Crippen molar-refractivity contribution in [2.24, 2.45) is 0 Å². The summed E-state index contributed by atoms with van der Waals surface area (Å²) in [5.74, 6) is 0. The van der Waals surface area contributed by atoms with Crippen molar-refractivity contribution in [2.75, 3.05) is 13.7 Å². The molecular weight excluding hydrogens is 164 g/mol. The minimum Gasteiger partial charge on any atom is -0.378 e. The third-order valence-corrected chi connectivity index (χ3v) is 1.71. The van der Waals surface area contributed by atoms with Crippen LogP contribution in [0.3, 0.4) is 0 Å². The number of rotatable bonds is 5. The van der Waals surface area contributed by atoms with Crippen molar-refractivity contribution in [1.29, 1.82) is 0 Å². The summed E-state index contributed by atoms with van der Waals surface area (Å²) in [5.41, 5.74) is 2.05. The fraction of sp³-hybridized carbons (Fsp3) is 0.500. The average Bonchev–Trinajstić information content (AvgIpc) is 2.16. The first-order valence-electron chi connectivity index (χ1n) is 4.51. The molecular formula is C10H16N2O. The Morgan fingerprint density at radius 3 is 2.85 bits per heavy atom. The average molecular weight is 180 g/mol. The van der Waals surface area contributed by atoms with Gasteiger partial charge in [-0.05, 0) is 18.7 Å². The maximum atomic E-state index is 5.00. The van der Waals surface area contributed by atoms with Gasteiger partial charge < -0.3 is 10.1 Å². The molecule has 13 heavy (non-hydrogen) atoms. The molecule has 0 aliphatic carbocycles. The van der Waals surface area contributed by atoms with Crippen LogP contribution in [0.4, 0.5) is 0 Å². The van der Waals surface area contributed by atoms with Gasteiger partial charge in [0.2, 0.25) is 0 Å². The van der Waals surface area contributed by atoms with Crippen molar-refractivity contribution in [1.82, 2.24) is 10.3 Å². The van der Waals surface area contributed by atoms with Crippen LogP contribution in [0, 0.1) is 0 Å². The van der Waals surface area contributed by atoms with Crippen LogP contribution in [0.5, 0.6) is 0 Å². The standard InChI is InChI=1S/C10H16N2O/c1-3-11-7-9-5-4-6-10(12-9)8-13-2/h4-6,11H,3,7-8H2,1-2H3. The van der Waals surface area contributed by atoms with Crippen molar-refractivity contribution >= 4 is 0 Å². The Balaban J connectivity index is 2.56. The fourth-order valence-corrected chi connectivity index (χ4v) is 1.11. The van der Waals surface area contributed by atoms with Crippen LogP contribution < -0.4 is 5.32 Å². The lowest BCUT2D eigenvalue weighted by atomic mass is 10.3.